The van der Waals surface area contributed by atoms with Crippen molar-refractivity contribution in [3.8, 4) is 5.75 Å². The molecular formula is C22H29Cl2NO. The number of rotatable bonds is 6. The summed E-state index contributed by atoms with van der Waals surface area (Å²) in [4.78, 5) is 4.51. The number of aromatic nitrogens is 1. The summed E-state index contributed by atoms with van der Waals surface area (Å²) in [5, 5.41) is 1.35. The number of pyridine rings is 1. The van der Waals surface area contributed by atoms with Gasteiger partial charge >= 0.3 is 0 Å². The lowest BCUT2D eigenvalue weighted by atomic mass is 9.88. The molecule has 0 radical (unpaired) electrons. The van der Waals surface area contributed by atoms with Gasteiger partial charge < -0.3 is 4.74 Å². The number of aryl methyl sites for hydroxylation is 2. The fourth-order valence-corrected chi connectivity index (χ4v) is 4.49. The summed E-state index contributed by atoms with van der Waals surface area (Å²) in [6, 6.07) is 4.24. The number of halogens is 2. The molecule has 1 heterocycles. The first-order valence-electron chi connectivity index (χ1n) is 9.22. The van der Waals surface area contributed by atoms with Gasteiger partial charge in [0.15, 0.2) is 0 Å². The quantitative estimate of drug-likeness (QED) is 0.514. The van der Waals surface area contributed by atoms with E-state index in [4.69, 9.17) is 27.9 Å². The molecule has 4 heteroatoms. The van der Waals surface area contributed by atoms with Crippen LogP contribution in [0.1, 0.15) is 74.4 Å². The van der Waals surface area contributed by atoms with E-state index < -0.39 is 0 Å². The Labute approximate surface area is 167 Å². The highest BCUT2D eigenvalue weighted by Crippen LogP contribution is 2.36. The van der Waals surface area contributed by atoms with E-state index >= 15 is 0 Å². The van der Waals surface area contributed by atoms with Gasteiger partial charge in [-0.05, 0) is 80.3 Å². The summed E-state index contributed by atoms with van der Waals surface area (Å²) in [6.45, 7) is 14.8. The van der Waals surface area contributed by atoms with Crippen LogP contribution < -0.4 is 4.74 Å². The molecule has 2 rings (SSSR count). The predicted octanol–water partition coefficient (Wildman–Crippen LogP) is 7.26. The van der Waals surface area contributed by atoms with Crippen LogP contribution in [-0.4, -0.2) is 11.1 Å². The van der Waals surface area contributed by atoms with Gasteiger partial charge in [0.2, 0.25) is 0 Å². The zero-order valence-corrected chi connectivity index (χ0v) is 18.3. The van der Waals surface area contributed by atoms with Crippen molar-refractivity contribution in [2.75, 3.05) is 0 Å². The number of hydrogen-bond acceptors (Lipinski definition) is 2. The molecule has 1 aromatic heterocycles. The molecule has 0 aliphatic carbocycles. The Balaban J connectivity index is 2.34. The molecule has 0 aliphatic heterocycles. The van der Waals surface area contributed by atoms with Crippen molar-refractivity contribution in [3.63, 3.8) is 0 Å². The van der Waals surface area contributed by atoms with E-state index in [0.717, 1.165) is 23.4 Å². The fourth-order valence-electron chi connectivity index (χ4n) is 3.64. The van der Waals surface area contributed by atoms with Crippen LogP contribution in [0.5, 0.6) is 5.75 Å². The van der Waals surface area contributed by atoms with Crippen molar-refractivity contribution in [1.29, 1.82) is 0 Å². The molecule has 0 amide bonds. The highest BCUT2D eigenvalue weighted by molar-refractivity contribution is 6.36. The van der Waals surface area contributed by atoms with Crippen LogP contribution in [0.25, 0.3) is 0 Å². The first-order valence-corrected chi connectivity index (χ1v) is 9.97. The average Bonchev–Trinajstić information content (AvgIpc) is 2.48. The molecule has 0 fully saturated rings. The molecule has 1 aromatic carbocycles. The minimum atomic E-state index is 0.170. The zero-order valence-electron chi connectivity index (χ0n) is 16.8. The monoisotopic (exact) mass is 393 g/mol. The van der Waals surface area contributed by atoms with E-state index in [1.165, 1.54) is 16.7 Å². The van der Waals surface area contributed by atoms with E-state index in [-0.39, 0.29) is 12.0 Å². The van der Waals surface area contributed by atoms with Crippen molar-refractivity contribution >= 4 is 23.2 Å². The highest BCUT2D eigenvalue weighted by atomic mass is 35.5. The van der Waals surface area contributed by atoms with Crippen molar-refractivity contribution in [2.24, 2.45) is 0 Å². The van der Waals surface area contributed by atoms with Crippen molar-refractivity contribution in [2.45, 2.75) is 72.8 Å². The molecule has 0 aliphatic rings. The zero-order chi connectivity index (χ0) is 19.6. The molecule has 26 heavy (non-hydrogen) atoms. The molecule has 142 valence electrons. The Morgan fingerprint density at radius 3 is 2.04 bits per heavy atom. The van der Waals surface area contributed by atoms with E-state index in [9.17, 15) is 0 Å². The number of nitrogens with zero attached hydrogens (tertiary/aromatic N) is 1. The molecule has 1 atom stereocenters. The summed E-state index contributed by atoms with van der Waals surface area (Å²) >= 11 is 12.9. The third-order valence-corrected chi connectivity index (χ3v) is 5.31. The SMILES string of the molecule is Cc1cc(OC(C)C)cc(C)c1C(C)Cc1ncc(Cl)c(C(C)C)c1Cl. The Morgan fingerprint density at radius 2 is 1.54 bits per heavy atom. The molecular weight excluding hydrogens is 365 g/mol. The van der Waals surface area contributed by atoms with Crippen LogP contribution in [-0.2, 0) is 6.42 Å². The van der Waals surface area contributed by atoms with Gasteiger partial charge in [0.05, 0.1) is 21.8 Å². The first kappa shape index (κ1) is 21.1. The lowest BCUT2D eigenvalue weighted by Crippen LogP contribution is -2.09. The minimum absolute atomic E-state index is 0.170. The minimum Gasteiger partial charge on any atom is -0.491 e. The van der Waals surface area contributed by atoms with Gasteiger partial charge in [-0.25, -0.2) is 0 Å². The summed E-state index contributed by atoms with van der Waals surface area (Å²) < 4.78 is 5.86. The second kappa shape index (κ2) is 8.63. The van der Waals surface area contributed by atoms with Gasteiger partial charge in [0.25, 0.3) is 0 Å². The lowest BCUT2D eigenvalue weighted by molar-refractivity contribution is 0.242. The normalized spacial score (nSPS) is 12.7. The van der Waals surface area contributed by atoms with E-state index in [1.54, 1.807) is 6.20 Å². The topological polar surface area (TPSA) is 22.1 Å². The van der Waals surface area contributed by atoms with E-state index in [2.05, 4.69) is 51.7 Å². The van der Waals surface area contributed by atoms with Crippen LogP contribution in [0.3, 0.4) is 0 Å². The molecule has 0 spiro atoms. The van der Waals surface area contributed by atoms with Gasteiger partial charge in [-0.1, -0.05) is 44.0 Å². The maximum atomic E-state index is 6.64. The highest BCUT2D eigenvalue weighted by Gasteiger charge is 2.20. The number of hydrogen-bond donors (Lipinski definition) is 0. The molecule has 0 saturated heterocycles. The molecule has 0 N–H and O–H groups in total. The first-order chi connectivity index (χ1) is 12.1. The number of ether oxygens (including phenoxy) is 1. The molecule has 0 bridgehead atoms. The van der Waals surface area contributed by atoms with Crippen LogP contribution in [0, 0.1) is 13.8 Å². The van der Waals surface area contributed by atoms with Crippen molar-refractivity contribution in [1.82, 2.24) is 4.98 Å². The largest absolute Gasteiger partial charge is 0.491 e. The maximum Gasteiger partial charge on any atom is 0.120 e. The van der Waals surface area contributed by atoms with Crippen LogP contribution in [0.4, 0.5) is 0 Å². The average molecular weight is 394 g/mol. The van der Waals surface area contributed by atoms with Crippen molar-refractivity contribution in [3.05, 3.63) is 56.3 Å². The molecule has 1 unspecified atom stereocenters. The Morgan fingerprint density at radius 1 is 0.962 bits per heavy atom. The van der Waals surface area contributed by atoms with Gasteiger partial charge in [-0.3, -0.25) is 4.98 Å². The number of benzene rings is 1. The molecule has 0 saturated carbocycles. The van der Waals surface area contributed by atoms with Gasteiger partial charge in [-0.2, -0.15) is 0 Å². The predicted molar refractivity (Wildman–Crippen MR) is 112 cm³/mol. The van der Waals surface area contributed by atoms with Crippen LogP contribution in [0.15, 0.2) is 18.3 Å². The van der Waals surface area contributed by atoms with E-state index in [0.29, 0.717) is 16.0 Å². The third-order valence-electron chi connectivity index (χ3n) is 4.59. The van der Waals surface area contributed by atoms with Crippen molar-refractivity contribution < 1.29 is 4.74 Å². The Kier molecular flexibility index (Phi) is 6.99. The summed E-state index contributed by atoms with van der Waals surface area (Å²) in [6.07, 6.45) is 2.68. The van der Waals surface area contributed by atoms with Crippen LogP contribution in [0.2, 0.25) is 10.0 Å². The van der Waals surface area contributed by atoms with Gasteiger partial charge in [0, 0.05) is 6.20 Å². The summed E-state index contributed by atoms with van der Waals surface area (Å²) in [7, 11) is 0. The third kappa shape index (κ3) is 4.72. The second-order valence-electron chi connectivity index (χ2n) is 7.68. The second-order valence-corrected chi connectivity index (χ2v) is 8.46. The molecule has 2 nitrogen and oxygen atoms in total. The summed E-state index contributed by atoms with van der Waals surface area (Å²) in [5.74, 6) is 1.49. The maximum absolute atomic E-state index is 6.64. The standard InChI is InChI=1S/C22H29Cl2NO/c1-12(2)20-18(23)11-25-19(22(20)24)10-16(7)21-14(5)8-17(9-15(21)6)26-13(3)4/h8-9,11-13,16H,10H2,1-7H3. The lowest BCUT2D eigenvalue weighted by Gasteiger charge is -2.21. The fraction of sp³-hybridized carbons (Fsp3) is 0.500. The molecule has 2 aromatic rings. The van der Waals surface area contributed by atoms with Gasteiger partial charge in [0.1, 0.15) is 5.75 Å². The van der Waals surface area contributed by atoms with Crippen LogP contribution >= 0.6 is 23.2 Å². The smallest absolute Gasteiger partial charge is 0.120 e. The van der Waals surface area contributed by atoms with E-state index in [1.807, 2.05) is 13.8 Å². The Bertz CT molecular complexity index is 761. The van der Waals surface area contributed by atoms with Gasteiger partial charge in [-0.15, -0.1) is 0 Å². The Hall–Kier alpha value is -1.25. The summed E-state index contributed by atoms with van der Waals surface area (Å²) in [5.41, 5.74) is 5.71.